The topological polar surface area (TPSA) is 58.9 Å². The smallest absolute Gasteiger partial charge is 0.211 e. The Morgan fingerprint density at radius 1 is 1.11 bits per heavy atom. The molecule has 0 aromatic rings. The Morgan fingerprint density at radius 2 is 1.89 bits per heavy atom. The van der Waals surface area contributed by atoms with Gasteiger partial charge >= 0.3 is 0 Å². The van der Waals surface area contributed by atoms with Crippen LogP contribution in [0.4, 0.5) is 0 Å². The van der Waals surface area contributed by atoms with Crippen LogP contribution in [0.5, 0.6) is 0 Å². The van der Waals surface area contributed by atoms with E-state index >= 15 is 0 Å². The van der Waals surface area contributed by atoms with Crippen LogP contribution in [0.1, 0.15) is 12.8 Å². The van der Waals surface area contributed by atoms with E-state index in [9.17, 15) is 9.59 Å². The van der Waals surface area contributed by atoms with Crippen LogP contribution in [0, 0.1) is 0 Å². The molecule has 4 nitrogen and oxygen atoms in total. The molecule has 18 heavy (non-hydrogen) atoms. The molecule has 0 aromatic heterocycles. The molecule has 0 amide bonds. The normalized spacial score (nSPS) is 16.1. The maximum absolute atomic E-state index is 10.1. The van der Waals surface area contributed by atoms with Crippen LogP contribution in [0.15, 0.2) is 58.1 Å². The molecule has 1 atom stereocenters. The Kier molecular flexibility index (Phi) is 6.76. The Bertz CT molecular complexity index is 464. The SMILES string of the molecule is C1=CCC=C1.O=C=NCC(N=C=O)C1=CC=CC1. The van der Waals surface area contributed by atoms with Gasteiger partial charge < -0.3 is 0 Å². The molecule has 0 N–H and O–H groups in total. The van der Waals surface area contributed by atoms with Gasteiger partial charge in [-0.2, -0.15) is 4.99 Å². The Morgan fingerprint density at radius 3 is 2.33 bits per heavy atom. The molecule has 0 saturated heterocycles. The fourth-order valence-corrected chi connectivity index (χ4v) is 1.53. The van der Waals surface area contributed by atoms with E-state index in [4.69, 9.17) is 0 Å². The van der Waals surface area contributed by atoms with Crippen molar-refractivity contribution in [3.05, 3.63) is 48.1 Å². The van der Waals surface area contributed by atoms with Crippen LogP contribution >= 0.6 is 0 Å². The number of rotatable bonds is 4. The van der Waals surface area contributed by atoms with E-state index in [0.29, 0.717) is 0 Å². The van der Waals surface area contributed by atoms with Crippen LogP contribution in [-0.4, -0.2) is 24.7 Å². The predicted octanol–water partition coefficient (Wildman–Crippen LogP) is 2.42. The minimum Gasteiger partial charge on any atom is -0.211 e. The van der Waals surface area contributed by atoms with Crippen LogP contribution in [0.3, 0.4) is 0 Å². The summed E-state index contributed by atoms with van der Waals surface area (Å²) in [4.78, 5) is 26.9. The second-order valence-corrected chi connectivity index (χ2v) is 3.63. The summed E-state index contributed by atoms with van der Waals surface area (Å²) in [6.07, 6.45) is 18.8. The van der Waals surface area contributed by atoms with Gasteiger partial charge in [0, 0.05) is 0 Å². The highest BCUT2D eigenvalue weighted by atomic mass is 16.1. The quantitative estimate of drug-likeness (QED) is 0.561. The standard InChI is InChI=1S/C9H8N2O2.C5H6/c12-6-10-5-9(11-7-13)8-3-1-2-4-8;1-2-4-5-3-1/h1-3,9H,4-5H2;1-4H,5H2. The van der Waals surface area contributed by atoms with Crippen molar-refractivity contribution >= 4 is 12.2 Å². The molecular weight excluding hydrogens is 228 g/mol. The van der Waals surface area contributed by atoms with E-state index in [1.165, 1.54) is 12.2 Å². The molecule has 0 saturated carbocycles. The third kappa shape index (κ3) is 5.17. The number of aliphatic imine (C=N–C) groups is 2. The van der Waals surface area contributed by atoms with Gasteiger partial charge in [0.05, 0.1) is 6.54 Å². The Hall–Kier alpha value is -2.28. The van der Waals surface area contributed by atoms with Gasteiger partial charge in [0.15, 0.2) is 0 Å². The fraction of sp³-hybridized carbons (Fsp3) is 0.286. The summed E-state index contributed by atoms with van der Waals surface area (Å²) in [6.45, 7) is 0.173. The van der Waals surface area contributed by atoms with E-state index in [0.717, 1.165) is 18.4 Å². The number of allylic oxidation sites excluding steroid dienone is 7. The van der Waals surface area contributed by atoms with E-state index in [1.54, 1.807) is 0 Å². The summed E-state index contributed by atoms with van der Waals surface area (Å²) < 4.78 is 0. The fourth-order valence-electron chi connectivity index (χ4n) is 1.53. The van der Waals surface area contributed by atoms with Gasteiger partial charge in [-0.05, 0) is 18.4 Å². The van der Waals surface area contributed by atoms with Gasteiger partial charge in [0.2, 0.25) is 12.2 Å². The van der Waals surface area contributed by atoms with E-state index < -0.39 is 0 Å². The van der Waals surface area contributed by atoms with Crippen LogP contribution in [0.25, 0.3) is 0 Å². The summed E-state index contributed by atoms with van der Waals surface area (Å²) in [5, 5.41) is 0. The molecule has 2 aliphatic carbocycles. The number of isocyanates is 2. The molecule has 0 fully saturated rings. The maximum atomic E-state index is 10.1. The molecule has 0 aliphatic heterocycles. The Labute approximate surface area is 106 Å². The van der Waals surface area contributed by atoms with Crippen molar-refractivity contribution in [1.29, 1.82) is 0 Å². The zero-order valence-electron chi connectivity index (χ0n) is 9.95. The highest BCUT2D eigenvalue weighted by Crippen LogP contribution is 2.17. The molecule has 1 unspecified atom stereocenters. The van der Waals surface area contributed by atoms with Crippen molar-refractivity contribution in [2.45, 2.75) is 18.9 Å². The van der Waals surface area contributed by atoms with Crippen LogP contribution in [0.2, 0.25) is 0 Å². The average molecular weight is 242 g/mol. The van der Waals surface area contributed by atoms with Gasteiger partial charge in [-0.3, -0.25) is 0 Å². The van der Waals surface area contributed by atoms with Gasteiger partial charge in [-0.25, -0.2) is 14.6 Å². The number of hydrogen-bond acceptors (Lipinski definition) is 4. The minimum atomic E-state index is -0.353. The molecule has 4 heteroatoms. The number of nitrogens with zero attached hydrogens (tertiary/aromatic N) is 2. The number of carbonyl (C=O) groups excluding carboxylic acids is 2. The van der Waals surface area contributed by atoms with Crippen LogP contribution < -0.4 is 0 Å². The first-order valence-electron chi connectivity index (χ1n) is 5.66. The first kappa shape index (κ1) is 13.8. The van der Waals surface area contributed by atoms with Gasteiger partial charge in [0.1, 0.15) is 6.04 Å². The van der Waals surface area contributed by atoms with E-state index in [-0.39, 0.29) is 12.6 Å². The summed E-state index contributed by atoms with van der Waals surface area (Å²) in [5.74, 6) is 0. The summed E-state index contributed by atoms with van der Waals surface area (Å²) in [5.41, 5.74) is 0.974. The van der Waals surface area contributed by atoms with Crippen molar-refractivity contribution in [3.8, 4) is 0 Å². The Balaban J connectivity index is 0.000000269. The lowest BCUT2D eigenvalue weighted by Crippen LogP contribution is -2.11. The second-order valence-electron chi connectivity index (χ2n) is 3.63. The van der Waals surface area contributed by atoms with Gasteiger partial charge in [-0.1, -0.05) is 42.5 Å². The predicted molar refractivity (Wildman–Crippen MR) is 69.6 cm³/mol. The lowest BCUT2D eigenvalue weighted by molar-refractivity contribution is 0.555. The molecule has 2 aliphatic rings. The van der Waals surface area contributed by atoms with E-state index in [2.05, 4.69) is 34.3 Å². The summed E-state index contributed by atoms with van der Waals surface area (Å²) >= 11 is 0. The van der Waals surface area contributed by atoms with Crippen molar-refractivity contribution in [3.63, 3.8) is 0 Å². The number of hydrogen-bond donors (Lipinski definition) is 0. The molecule has 0 heterocycles. The lowest BCUT2D eigenvalue weighted by atomic mass is 10.1. The van der Waals surface area contributed by atoms with Gasteiger partial charge in [-0.15, -0.1) is 0 Å². The highest BCUT2D eigenvalue weighted by Gasteiger charge is 2.13. The second kappa shape index (κ2) is 8.82. The third-order valence-corrected chi connectivity index (χ3v) is 2.42. The first-order valence-corrected chi connectivity index (χ1v) is 5.66. The summed E-state index contributed by atoms with van der Waals surface area (Å²) in [6, 6.07) is -0.353. The maximum Gasteiger partial charge on any atom is 0.235 e. The van der Waals surface area contributed by atoms with Crippen molar-refractivity contribution in [2.24, 2.45) is 9.98 Å². The molecule has 0 aromatic carbocycles. The molecule has 0 radical (unpaired) electrons. The molecule has 0 bridgehead atoms. The van der Waals surface area contributed by atoms with Crippen molar-refractivity contribution < 1.29 is 9.59 Å². The molecule has 0 spiro atoms. The van der Waals surface area contributed by atoms with E-state index in [1.807, 2.05) is 18.2 Å². The molecule has 92 valence electrons. The summed E-state index contributed by atoms with van der Waals surface area (Å²) in [7, 11) is 0. The van der Waals surface area contributed by atoms with Gasteiger partial charge in [0.25, 0.3) is 0 Å². The van der Waals surface area contributed by atoms with Crippen molar-refractivity contribution in [2.75, 3.05) is 6.54 Å². The van der Waals surface area contributed by atoms with Crippen molar-refractivity contribution in [1.82, 2.24) is 0 Å². The highest BCUT2D eigenvalue weighted by molar-refractivity contribution is 5.39. The molecule has 2 rings (SSSR count). The lowest BCUT2D eigenvalue weighted by Gasteiger charge is -2.06. The largest absolute Gasteiger partial charge is 0.235 e. The van der Waals surface area contributed by atoms with Crippen LogP contribution in [-0.2, 0) is 9.59 Å². The monoisotopic (exact) mass is 242 g/mol. The zero-order chi connectivity index (χ0) is 13.1. The third-order valence-electron chi connectivity index (χ3n) is 2.42. The molecular formula is C14H14N2O2. The average Bonchev–Trinajstić information content (AvgIpc) is 3.08. The zero-order valence-corrected chi connectivity index (χ0v) is 9.95. The first-order chi connectivity index (χ1) is 8.88. The minimum absolute atomic E-state index is 0.173.